The van der Waals surface area contributed by atoms with Crippen LogP contribution in [0.1, 0.15) is 25.3 Å². The predicted octanol–water partition coefficient (Wildman–Crippen LogP) is 10.9. The van der Waals surface area contributed by atoms with Crippen LogP contribution in [-0.4, -0.2) is 23.2 Å². The zero-order valence-electron chi connectivity index (χ0n) is 26.5. The Bertz CT molecular complexity index is 2930. The van der Waals surface area contributed by atoms with Crippen LogP contribution in [-0.2, 0) is 0 Å². The molecule has 0 saturated carbocycles. The summed E-state index contributed by atoms with van der Waals surface area (Å²) >= 11 is 0. The summed E-state index contributed by atoms with van der Waals surface area (Å²) in [4.78, 5) is 10.6. The summed E-state index contributed by atoms with van der Waals surface area (Å²) < 4.78 is 6.96. The van der Waals surface area contributed by atoms with Crippen LogP contribution in [0.2, 0.25) is 0 Å². The van der Waals surface area contributed by atoms with Crippen molar-refractivity contribution in [3.8, 4) is 22.3 Å². The first-order valence-electron chi connectivity index (χ1n) is 16.6. The molecule has 0 aliphatic heterocycles. The van der Waals surface area contributed by atoms with Gasteiger partial charge in [0.15, 0.2) is 0 Å². The highest BCUT2D eigenvalue weighted by molar-refractivity contribution is 6.09. The first-order valence-corrected chi connectivity index (χ1v) is 16.6. The van der Waals surface area contributed by atoms with Gasteiger partial charge >= 0.3 is 0 Å². The van der Waals surface area contributed by atoms with Crippen molar-refractivity contribution in [3.63, 3.8) is 0 Å². The number of imidazole rings is 4. The number of hydrogen-bond acceptors (Lipinski definition) is 2. The van der Waals surface area contributed by atoms with Crippen molar-refractivity contribution in [1.29, 1.82) is 0 Å². The SMILES string of the molecule is CC(C)c1ccc(-c2ccccc2)c(-c2cc3c4c(c2)n2c5cc6ccccc6cc5nc2n4c2nc4cc5ccccc5cc4n32)c1. The van der Waals surface area contributed by atoms with Crippen LogP contribution in [0.4, 0.5) is 0 Å². The molecule has 5 nitrogen and oxygen atoms in total. The van der Waals surface area contributed by atoms with Crippen LogP contribution in [0.15, 0.2) is 133 Å². The Morgan fingerprint density at radius 3 is 1.50 bits per heavy atom. The third-order valence-corrected chi connectivity index (χ3v) is 10.3. The van der Waals surface area contributed by atoms with Gasteiger partial charge in [-0.3, -0.25) is 8.80 Å². The monoisotopic (exact) mass is 615 g/mol. The van der Waals surface area contributed by atoms with Gasteiger partial charge in [0, 0.05) is 0 Å². The van der Waals surface area contributed by atoms with Crippen LogP contribution in [0.25, 0.3) is 94.0 Å². The summed E-state index contributed by atoms with van der Waals surface area (Å²) in [6, 6.07) is 48.5. The van der Waals surface area contributed by atoms with Crippen LogP contribution >= 0.6 is 0 Å². The molecular weight excluding hydrogens is 587 g/mol. The molecule has 0 amide bonds. The molecule has 0 saturated heterocycles. The second kappa shape index (κ2) is 9.20. The van der Waals surface area contributed by atoms with E-state index in [2.05, 4.69) is 161 Å². The Kier molecular flexibility index (Phi) is 4.97. The van der Waals surface area contributed by atoms with Crippen molar-refractivity contribution in [2.75, 3.05) is 0 Å². The fourth-order valence-electron chi connectivity index (χ4n) is 7.92. The highest BCUT2D eigenvalue weighted by Crippen LogP contribution is 2.41. The maximum Gasteiger partial charge on any atom is 0.223 e. The maximum absolute atomic E-state index is 5.31. The molecule has 226 valence electrons. The topological polar surface area (TPSA) is 39.0 Å². The summed E-state index contributed by atoms with van der Waals surface area (Å²) in [7, 11) is 0. The lowest BCUT2D eigenvalue weighted by atomic mass is 9.90. The number of aromatic nitrogens is 5. The molecule has 0 bridgehead atoms. The molecule has 11 aromatic rings. The minimum atomic E-state index is 0.406. The molecule has 5 heteroatoms. The third-order valence-electron chi connectivity index (χ3n) is 10.3. The second-order valence-electron chi connectivity index (χ2n) is 13.4. The number of rotatable bonds is 3. The average molecular weight is 616 g/mol. The van der Waals surface area contributed by atoms with Gasteiger partial charge in [-0.2, -0.15) is 0 Å². The fraction of sp³-hybridized carbons (Fsp3) is 0.0698. The van der Waals surface area contributed by atoms with E-state index in [1.807, 2.05) is 0 Å². The average Bonchev–Trinajstić information content (AvgIpc) is 3.84. The summed E-state index contributed by atoms with van der Waals surface area (Å²) in [5.74, 6) is 2.17. The zero-order valence-corrected chi connectivity index (χ0v) is 26.5. The molecule has 0 unspecified atom stereocenters. The number of benzene rings is 7. The summed E-state index contributed by atoms with van der Waals surface area (Å²) in [6.45, 7) is 4.54. The van der Waals surface area contributed by atoms with Crippen molar-refractivity contribution < 1.29 is 0 Å². The lowest BCUT2D eigenvalue weighted by molar-refractivity contribution is 0.867. The third kappa shape index (κ3) is 3.40. The Labute approximate surface area is 275 Å². The molecule has 0 fully saturated rings. The molecule has 0 radical (unpaired) electrons. The Hall–Kier alpha value is -6.20. The van der Waals surface area contributed by atoms with E-state index < -0.39 is 0 Å². The predicted molar refractivity (Wildman–Crippen MR) is 199 cm³/mol. The quantitative estimate of drug-likeness (QED) is 0.198. The largest absolute Gasteiger partial charge is 0.276 e. The van der Waals surface area contributed by atoms with E-state index in [0.717, 1.165) is 50.2 Å². The van der Waals surface area contributed by atoms with E-state index in [1.165, 1.54) is 49.4 Å². The summed E-state index contributed by atoms with van der Waals surface area (Å²) in [6.07, 6.45) is 0. The molecule has 7 aromatic carbocycles. The van der Waals surface area contributed by atoms with Crippen molar-refractivity contribution in [2.45, 2.75) is 19.8 Å². The van der Waals surface area contributed by atoms with Crippen molar-refractivity contribution in [1.82, 2.24) is 23.2 Å². The standard InChI is InChI=1S/C43H29N5/c1-25(2)27-16-17-33(26-10-4-3-5-11-26)34(18-27)32-23-39-41-40(24-32)47-38-22-31-15-9-7-13-29(31)20-36(38)45-43(47)48(41)42-44-35-19-28-12-6-8-14-30(28)21-37(35)46(39)42/h3-25H,1-2H3. The maximum atomic E-state index is 5.31. The first-order chi connectivity index (χ1) is 23.6. The van der Waals surface area contributed by atoms with Gasteiger partial charge in [0.25, 0.3) is 0 Å². The molecule has 4 heterocycles. The zero-order chi connectivity index (χ0) is 31.7. The van der Waals surface area contributed by atoms with Gasteiger partial charge in [-0.05, 0) is 91.7 Å². The Morgan fingerprint density at radius 1 is 0.438 bits per heavy atom. The fourth-order valence-corrected chi connectivity index (χ4v) is 7.92. The molecule has 0 N–H and O–H groups in total. The van der Waals surface area contributed by atoms with Gasteiger partial charge in [0.2, 0.25) is 11.6 Å². The normalized spacial score (nSPS) is 12.6. The molecule has 0 spiro atoms. The molecule has 0 aliphatic rings. The van der Waals surface area contributed by atoms with Crippen LogP contribution in [0, 0.1) is 0 Å². The number of hydrogen-bond donors (Lipinski definition) is 0. The highest BCUT2D eigenvalue weighted by Gasteiger charge is 2.25. The van der Waals surface area contributed by atoms with E-state index in [4.69, 9.17) is 9.97 Å². The van der Waals surface area contributed by atoms with Gasteiger partial charge < -0.3 is 0 Å². The van der Waals surface area contributed by atoms with Gasteiger partial charge in [0.05, 0.1) is 33.1 Å². The van der Waals surface area contributed by atoms with Crippen molar-refractivity contribution in [2.24, 2.45) is 0 Å². The van der Waals surface area contributed by atoms with E-state index >= 15 is 0 Å². The lowest BCUT2D eigenvalue weighted by Crippen LogP contribution is -1.93. The Morgan fingerprint density at radius 2 is 0.958 bits per heavy atom. The minimum Gasteiger partial charge on any atom is -0.276 e. The highest BCUT2D eigenvalue weighted by atomic mass is 15.3. The second-order valence-corrected chi connectivity index (χ2v) is 13.4. The van der Waals surface area contributed by atoms with Gasteiger partial charge in [-0.1, -0.05) is 111 Å². The van der Waals surface area contributed by atoms with Gasteiger partial charge in [0.1, 0.15) is 5.52 Å². The molecular formula is C43H29N5. The van der Waals surface area contributed by atoms with E-state index in [9.17, 15) is 0 Å². The minimum absolute atomic E-state index is 0.406. The smallest absolute Gasteiger partial charge is 0.223 e. The summed E-state index contributed by atoms with van der Waals surface area (Å²) in [5.41, 5.74) is 13.7. The van der Waals surface area contributed by atoms with Crippen molar-refractivity contribution >= 4 is 71.7 Å². The Balaban J connectivity index is 1.34. The molecule has 4 aromatic heterocycles. The van der Waals surface area contributed by atoms with Gasteiger partial charge in [-0.25, -0.2) is 14.4 Å². The van der Waals surface area contributed by atoms with Crippen LogP contribution in [0.5, 0.6) is 0 Å². The van der Waals surface area contributed by atoms with Crippen LogP contribution in [0.3, 0.4) is 0 Å². The van der Waals surface area contributed by atoms with E-state index in [-0.39, 0.29) is 0 Å². The molecule has 11 rings (SSSR count). The number of nitrogens with zero attached hydrogens (tertiary/aromatic N) is 5. The molecule has 0 atom stereocenters. The van der Waals surface area contributed by atoms with E-state index in [1.54, 1.807) is 0 Å². The first kappa shape index (κ1) is 25.9. The number of fused-ring (bicyclic) bond motifs is 12. The van der Waals surface area contributed by atoms with Crippen molar-refractivity contribution in [3.05, 3.63) is 139 Å². The summed E-state index contributed by atoms with van der Waals surface area (Å²) in [5, 5.41) is 4.79. The molecule has 0 aliphatic carbocycles. The molecule has 48 heavy (non-hydrogen) atoms. The van der Waals surface area contributed by atoms with Crippen LogP contribution < -0.4 is 0 Å². The lowest BCUT2D eigenvalue weighted by Gasteiger charge is -2.15. The van der Waals surface area contributed by atoms with E-state index in [0.29, 0.717) is 5.92 Å². The van der Waals surface area contributed by atoms with Gasteiger partial charge in [-0.15, -0.1) is 0 Å².